The van der Waals surface area contributed by atoms with Crippen LogP contribution in [0.3, 0.4) is 0 Å². The van der Waals surface area contributed by atoms with Crippen molar-refractivity contribution < 1.29 is 0 Å². The SMILES string of the molecule is CNN1Cc2c(ccc(Br)c2C)C(C)CC=C1N1CCNCC1. The van der Waals surface area contributed by atoms with Crippen LogP contribution in [0.4, 0.5) is 0 Å². The van der Waals surface area contributed by atoms with E-state index in [0.29, 0.717) is 5.92 Å². The number of hydrogen-bond donors (Lipinski definition) is 2. The molecule has 1 saturated heterocycles. The smallest absolute Gasteiger partial charge is 0.115 e. The first-order chi connectivity index (χ1) is 11.1. The number of piperazine rings is 1. The summed E-state index contributed by atoms with van der Waals surface area (Å²) in [5, 5.41) is 5.74. The van der Waals surface area contributed by atoms with Crippen LogP contribution in [-0.2, 0) is 6.54 Å². The lowest BCUT2D eigenvalue weighted by atomic mass is 9.89. The molecule has 0 radical (unpaired) electrons. The number of hydrazine groups is 1. The third-order valence-electron chi connectivity index (χ3n) is 5.06. The van der Waals surface area contributed by atoms with Crippen LogP contribution in [0.1, 0.15) is 36.0 Å². The molecule has 2 aliphatic heterocycles. The highest BCUT2D eigenvalue weighted by molar-refractivity contribution is 9.10. The molecule has 4 nitrogen and oxygen atoms in total. The van der Waals surface area contributed by atoms with E-state index < -0.39 is 0 Å². The number of allylic oxidation sites excluding steroid dienone is 1. The maximum atomic E-state index is 3.70. The zero-order valence-corrected chi connectivity index (χ0v) is 15.9. The molecule has 0 spiro atoms. The van der Waals surface area contributed by atoms with E-state index in [2.05, 4.69) is 68.6 Å². The monoisotopic (exact) mass is 378 g/mol. The minimum atomic E-state index is 0.550. The van der Waals surface area contributed by atoms with Gasteiger partial charge in [-0.15, -0.1) is 0 Å². The lowest BCUT2D eigenvalue weighted by molar-refractivity contribution is 0.147. The van der Waals surface area contributed by atoms with Crippen LogP contribution >= 0.6 is 15.9 Å². The number of fused-ring (bicyclic) bond motifs is 1. The molecule has 2 N–H and O–H groups in total. The molecule has 0 bridgehead atoms. The van der Waals surface area contributed by atoms with Crippen molar-refractivity contribution in [2.75, 3.05) is 33.2 Å². The van der Waals surface area contributed by atoms with E-state index in [0.717, 1.165) is 39.1 Å². The Balaban J connectivity index is 1.97. The Morgan fingerprint density at radius 3 is 2.70 bits per heavy atom. The molecule has 126 valence electrons. The van der Waals surface area contributed by atoms with Gasteiger partial charge in [-0.2, -0.15) is 0 Å². The number of nitrogens with one attached hydrogen (secondary N) is 2. The summed E-state index contributed by atoms with van der Waals surface area (Å²) in [4.78, 5) is 2.50. The van der Waals surface area contributed by atoms with Crippen LogP contribution in [0.15, 0.2) is 28.5 Å². The van der Waals surface area contributed by atoms with Crippen LogP contribution in [0.25, 0.3) is 0 Å². The molecule has 1 unspecified atom stereocenters. The predicted octanol–water partition coefficient (Wildman–Crippen LogP) is 2.95. The summed E-state index contributed by atoms with van der Waals surface area (Å²) in [6, 6.07) is 4.48. The first-order valence-electron chi connectivity index (χ1n) is 8.50. The number of nitrogens with zero attached hydrogens (tertiary/aromatic N) is 2. The Bertz CT molecular complexity index is 593. The third-order valence-corrected chi connectivity index (χ3v) is 5.92. The molecular weight excluding hydrogens is 352 g/mol. The van der Waals surface area contributed by atoms with Crippen molar-refractivity contribution in [3.63, 3.8) is 0 Å². The van der Waals surface area contributed by atoms with Gasteiger partial charge in [0.05, 0.1) is 6.54 Å². The molecule has 1 aromatic rings. The minimum absolute atomic E-state index is 0.550. The number of halogens is 1. The second-order valence-corrected chi connectivity index (χ2v) is 7.34. The lowest BCUT2D eigenvalue weighted by Crippen LogP contribution is -2.49. The Hall–Kier alpha value is -1.04. The summed E-state index contributed by atoms with van der Waals surface area (Å²) >= 11 is 3.70. The highest BCUT2D eigenvalue weighted by atomic mass is 79.9. The van der Waals surface area contributed by atoms with Crippen molar-refractivity contribution in [2.24, 2.45) is 0 Å². The van der Waals surface area contributed by atoms with Gasteiger partial charge >= 0.3 is 0 Å². The van der Waals surface area contributed by atoms with Gasteiger partial charge < -0.3 is 10.2 Å². The van der Waals surface area contributed by atoms with E-state index >= 15 is 0 Å². The van der Waals surface area contributed by atoms with Gasteiger partial charge in [-0.05, 0) is 48.1 Å². The minimum Gasteiger partial charge on any atom is -0.355 e. The highest BCUT2D eigenvalue weighted by Crippen LogP contribution is 2.33. The van der Waals surface area contributed by atoms with E-state index in [4.69, 9.17) is 0 Å². The highest BCUT2D eigenvalue weighted by Gasteiger charge is 2.24. The molecule has 23 heavy (non-hydrogen) atoms. The Labute approximate surface area is 148 Å². The van der Waals surface area contributed by atoms with Crippen molar-refractivity contribution in [2.45, 2.75) is 32.7 Å². The molecule has 0 aromatic heterocycles. The van der Waals surface area contributed by atoms with Gasteiger partial charge in [0.25, 0.3) is 0 Å². The van der Waals surface area contributed by atoms with Crippen molar-refractivity contribution in [3.05, 3.63) is 45.2 Å². The maximum absolute atomic E-state index is 3.70. The fourth-order valence-corrected chi connectivity index (χ4v) is 3.94. The predicted molar refractivity (Wildman–Crippen MR) is 99.0 cm³/mol. The van der Waals surface area contributed by atoms with Crippen LogP contribution < -0.4 is 10.7 Å². The second-order valence-electron chi connectivity index (χ2n) is 6.49. The second kappa shape index (κ2) is 7.24. The molecule has 2 aliphatic rings. The lowest BCUT2D eigenvalue weighted by Gasteiger charge is -2.40. The summed E-state index contributed by atoms with van der Waals surface area (Å²) < 4.78 is 1.20. The van der Waals surface area contributed by atoms with E-state index in [1.165, 1.54) is 27.0 Å². The van der Waals surface area contributed by atoms with Crippen LogP contribution in [-0.4, -0.2) is 43.1 Å². The molecule has 0 amide bonds. The zero-order valence-electron chi connectivity index (χ0n) is 14.3. The van der Waals surface area contributed by atoms with Gasteiger partial charge in [-0.3, -0.25) is 5.01 Å². The van der Waals surface area contributed by atoms with Gasteiger partial charge in [0.15, 0.2) is 0 Å². The van der Waals surface area contributed by atoms with Gasteiger partial charge in [0, 0.05) is 37.7 Å². The molecule has 0 saturated carbocycles. The van der Waals surface area contributed by atoms with E-state index in [-0.39, 0.29) is 0 Å². The summed E-state index contributed by atoms with van der Waals surface area (Å²) in [6.45, 7) is 9.73. The van der Waals surface area contributed by atoms with Gasteiger partial charge in [0.2, 0.25) is 0 Å². The van der Waals surface area contributed by atoms with Gasteiger partial charge in [-0.1, -0.05) is 28.9 Å². The van der Waals surface area contributed by atoms with Crippen LogP contribution in [0, 0.1) is 6.92 Å². The Morgan fingerprint density at radius 2 is 2.00 bits per heavy atom. The van der Waals surface area contributed by atoms with E-state index in [1.54, 1.807) is 0 Å². The van der Waals surface area contributed by atoms with Gasteiger partial charge in [0.1, 0.15) is 5.82 Å². The third kappa shape index (κ3) is 3.42. The van der Waals surface area contributed by atoms with Crippen molar-refractivity contribution >= 4 is 15.9 Å². The maximum Gasteiger partial charge on any atom is 0.115 e. The summed E-state index contributed by atoms with van der Waals surface area (Å²) in [5.41, 5.74) is 7.69. The Morgan fingerprint density at radius 1 is 1.26 bits per heavy atom. The first-order valence-corrected chi connectivity index (χ1v) is 9.29. The van der Waals surface area contributed by atoms with Crippen molar-refractivity contribution in [3.8, 4) is 0 Å². The fourth-order valence-electron chi connectivity index (χ4n) is 3.57. The fraction of sp³-hybridized carbons (Fsp3) is 0.556. The largest absolute Gasteiger partial charge is 0.355 e. The molecule has 5 heteroatoms. The number of rotatable bonds is 2. The van der Waals surface area contributed by atoms with Crippen LogP contribution in [0.2, 0.25) is 0 Å². The average molecular weight is 379 g/mol. The first kappa shape index (κ1) is 16.8. The standard InChI is InChI=1S/C18H27BrN4/c1-13-4-7-18(22-10-8-21-9-11-22)23(20-3)12-16-14(2)17(19)6-5-15(13)16/h5-7,13,20-21H,4,8-12H2,1-3H3. The van der Waals surface area contributed by atoms with Crippen molar-refractivity contribution in [1.29, 1.82) is 0 Å². The van der Waals surface area contributed by atoms with E-state index in [9.17, 15) is 0 Å². The molecule has 1 fully saturated rings. The molecule has 1 aromatic carbocycles. The average Bonchev–Trinajstić information content (AvgIpc) is 2.56. The van der Waals surface area contributed by atoms with Gasteiger partial charge in [-0.25, -0.2) is 5.43 Å². The molecular formula is C18H27BrN4. The van der Waals surface area contributed by atoms with E-state index in [1.807, 2.05) is 7.05 Å². The number of benzene rings is 1. The molecule has 2 heterocycles. The zero-order chi connectivity index (χ0) is 16.4. The topological polar surface area (TPSA) is 30.5 Å². The summed E-state index contributed by atoms with van der Waals surface area (Å²) in [5.74, 6) is 1.87. The number of hydrogen-bond acceptors (Lipinski definition) is 4. The molecule has 0 aliphatic carbocycles. The normalized spacial score (nSPS) is 22.3. The Kier molecular flexibility index (Phi) is 5.29. The summed E-state index contributed by atoms with van der Waals surface area (Å²) in [6.07, 6.45) is 3.48. The quantitative estimate of drug-likeness (QED) is 0.827. The molecule has 1 atom stereocenters. The van der Waals surface area contributed by atoms with Crippen LogP contribution in [0.5, 0.6) is 0 Å². The summed E-state index contributed by atoms with van der Waals surface area (Å²) in [7, 11) is 2.02. The molecule has 3 rings (SSSR count). The van der Waals surface area contributed by atoms with Crippen molar-refractivity contribution in [1.82, 2.24) is 20.7 Å².